The van der Waals surface area contributed by atoms with Crippen molar-refractivity contribution in [1.29, 1.82) is 0 Å². The summed E-state index contributed by atoms with van der Waals surface area (Å²) in [6, 6.07) is 15.5. The number of ether oxygens (including phenoxy) is 3. The van der Waals surface area contributed by atoms with Gasteiger partial charge in [0.25, 0.3) is 11.2 Å². The molecule has 0 unspecified atom stereocenters. The van der Waals surface area contributed by atoms with E-state index in [2.05, 4.69) is 4.99 Å². The number of aromatic nitrogens is 1. The highest BCUT2D eigenvalue weighted by atomic mass is 32.1. The molecule has 2 aromatic heterocycles. The fraction of sp³-hybridized carbons (Fsp3) is 0.182. The lowest BCUT2D eigenvalue weighted by atomic mass is 9.90. The Hall–Kier alpha value is -5.70. The van der Waals surface area contributed by atoms with Gasteiger partial charge in [0.15, 0.2) is 10.5 Å². The van der Waals surface area contributed by atoms with E-state index in [1.807, 2.05) is 0 Å². The Kier molecular flexibility index (Phi) is 8.39. The van der Waals surface area contributed by atoms with Gasteiger partial charge >= 0.3 is 12.1 Å². The van der Waals surface area contributed by atoms with E-state index in [0.29, 0.717) is 27.7 Å². The summed E-state index contributed by atoms with van der Waals surface area (Å²) < 4.78 is 66.9. The molecule has 0 aliphatic carbocycles. The van der Waals surface area contributed by atoms with E-state index in [9.17, 15) is 32.9 Å². The molecule has 0 amide bonds. The predicted octanol–water partition coefficient (Wildman–Crippen LogP) is 5.68. The molecule has 48 heavy (non-hydrogen) atoms. The lowest BCUT2D eigenvalue weighted by Crippen LogP contribution is -2.41. The zero-order valence-electron chi connectivity index (χ0n) is 25.4. The van der Waals surface area contributed by atoms with Gasteiger partial charge in [-0.05, 0) is 42.0 Å². The van der Waals surface area contributed by atoms with Crippen molar-refractivity contribution in [2.75, 3.05) is 20.8 Å². The number of non-ortho nitro benzene ring substituents is 1. The monoisotopic (exact) mass is 679 g/mol. The number of fused-ring (bicyclic) bond motifs is 2. The Morgan fingerprint density at radius 3 is 2.52 bits per heavy atom. The minimum atomic E-state index is -5.09. The van der Waals surface area contributed by atoms with Crippen molar-refractivity contribution in [3.8, 4) is 22.8 Å². The summed E-state index contributed by atoms with van der Waals surface area (Å²) in [4.78, 5) is 41.7. The standard InChI is InChI=1S/C33H24F3N3O8S/c1-4-46-31(41)27-28(26-20-8-6-5-7-17(20)9-13-23(26)44-2)38-30(40)25(48-32(38)37-29(27)33(34,35)36)16-19-11-14-22(47-19)21-12-10-18(39(42)43)15-24(21)45-3/h5-16,28H,4H2,1-3H3/b25-16-/t28-/m0/s1. The summed E-state index contributed by atoms with van der Waals surface area (Å²) in [5, 5.41) is 12.3. The van der Waals surface area contributed by atoms with Gasteiger partial charge in [0.05, 0.1) is 47.5 Å². The van der Waals surface area contributed by atoms with Gasteiger partial charge in [-0.1, -0.05) is 41.7 Å². The van der Waals surface area contributed by atoms with Gasteiger partial charge in [-0.25, -0.2) is 9.79 Å². The van der Waals surface area contributed by atoms with Crippen molar-refractivity contribution in [2.24, 2.45) is 4.99 Å². The maximum atomic E-state index is 14.7. The number of nitrogens with zero attached hydrogens (tertiary/aromatic N) is 3. The summed E-state index contributed by atoms with van der Waals surface area (Å²) in [5.41, 5.74) is -2.74. The molecule has 11 nitrogen and oxygen atoms in total. The van der Waals surface area contributed by atoms with E-state index < -0.39 is 39.9 Å². The molecule has 0 saturated heterocycles. The Morgan fingerprint density at radius 1 is 1.08 bits per heavy atom. The molecule has 0 fully saturated rings. The molecule has 1 atom stereocenters. The molecule has 15 heteroatoms. The minimum Gasteiger partial charge on any atom is -0.496 e. The van der Waals surface area contributed by atoms with Crippen LogP contribution in [0.1, 0.15) is 24.3 Å². The number of hydrogen-bond acceptors (Lipinski definition) is 10. The number of furan rings is 1. The van der Waals surface area contributed by atoms with Crippen LogP contribution in [0, 0.1) is 10.1 Å². The van der Waals surface area contributed by atoms with E-state index in [-0.39, 0.29) is 50.2 Å². The lowest BCUT2D eigenvalue weighted by molar-refractivity contribution is -0.384. The van der Waals surface area contributed by atoms with Crippen molar-refractivity contribution in [2.45, 2.75) is 19.1 Å². The normalized spacial score (nSPS) is 14.9. The Morgan fingerprint density at radius 2 is 1.83 bits per heavy atom. The number of benzene rings is 3. The summed E-state index contributed by atoms with van der Waals surface area (Å²) in [6.07, 6.45) is -3.75. The van der Waals surface area contributed by atoms with Gasteiger partial charge in [0, 0.05) is 17.7 Å². The quantitative estimate of drug-likeness (QED) is 0.116. The van der Waals surface area contributed by atoms with Crippen molar-refractivity contribution in [1.82, 2.24) is 4.57 Å². The smallest absolute Gasteiger partial charge is 0.434 e. The zero-order valence-corrected chi connectivity index (χ0v) is 26.2. The fourth-order valence-corrected chi connectivity index (χ4v) is 6.53. The molecule has 1 aliphatic heterocycles. The number of thiazole rings is 1. The summed E-state index contributed by atoms with van der Waals surface area (Å²) in [5.74, 6) is -0.569. The Labute approximate surface area is 272 Å². The van der Waals surface area contributed by atoms with Crippen LogP contribution in [0.15, 0.2) is 92.2 Å². The topological polar surface area (TPSA) is 135 Å². The fourth-order valence-electron chi connectivity index (χ4n) is 5.55. The first kappa shape index (κ1) is 32.2. The molecule has 3 heterocycles. The van der Waals surface area contributed by atoms with Crippen LogP contribution < -0.4 is 24.4 Å². The molecular weight excluding hydrogens is 655 g/mol. The van der Waals surface area contributed by atoms with Crippen molar-refractivity contribution in [3.05, 3.63) is 119 Å². The highest BCUT2D eigenvalue weighted by Crippen LogP contribution is 2.43. The Bertz CT molecular complexity index is 2320. The van der Waals surface area contributed by atoms with Crippen LogP contribution in [0.3, 0.4) is 0 Å². The molecular formula is C33H24F3N3O8S. The molecule has 3 aromatic carbocycles. The third-order valence-electron chi connectivity index (χ3n) is 7.58. The Balaban J connectivity index is 1.59. The second-order valence-corrected chi connectivity index (χ2v) is 11.3. The molecule has 0 bridgehead atoms. The lowest BCUT2D eigenvalue weighted by Gasteiger charge is -2.28. The van der Waals surface area contributed by atoms with E-state index >= 15 is 0 Å². The van der Waals surface area contributed by atoms with E-state index in [1.54, 1.807) is 42.5 Å². The largest absolute Gasteiger partial charge is 0.496 e. The van der Waals surface area contributed by atoms with Crippen LogP contribution in [0.25, 0.3) is 28.2 Å². The minimum absolute atomic E-state index is 0.0406. The number of carbonyl (C=O) groups excluding carboxylic acids is 1. The van der Waals surface area contributed by atoms with Crippen LogP contribution in [0.4, 0.5) is 18.9 Å². The highest BCUT2D eigenvalue weighted by Gasteiger charge is 2.46. The number of halogens is 3. The van der Waals surface area contributed by atoms with Crippen LogP contribution in [0.2, 0.25) is 0 Å². The van der Waals surface area contributed by atoms with Crippen LogP contribution in [-0.2, 0) is 9.53 Å². The van der Waals surface area contributed by atoms with Gasteiger partial charge < -0.3 is 18.6 Å². The van der Waals surface area contributed by atoms with Crippen molar-refractivity contribution in [3.63, 3.8) is 0 Å². The zero-order chi connectivity index (χ0) is 34.3. The molecule has 0 radical (unpaired) electrons. The number of methoxy groups -OCH3 is 2. The van der Waals surface area contributed by atoms with E-state index in [4.69, 9.17) is 18.6 Å². The maximum absolute atomic E-state index is 14.7. The van der Waals surface area contributed by atoms with Gasteiger partial charge in [-0.15, -0.1) is 0 Å². The molecule has 246 valence electrons. The number of allylic oxidation sites excluding steroid dienone is 1. The van der Waals surface area contributed by atoms with Crippen molar-refractivity contribution >= 4 is 39.8 Å². The molecule has 5 aromatic rings. The second-order valence-electron chi connectivity index (χ2n) is 10.3. The van der Waals surface area contributed by atoms with Crippen molar-refractivity contribution < 1.29 is 41.5 Å². The average Bonchev–Trinajstić information content (AvgIpc) is 3.66. The number of nitro groups is 1. The second kappa shape index (κ2) is 12.5. The number of alkyl halides is 3. The average molecular weight is 680 g/mol. The van der Waals surface area contributed by atoms with Crippen LogP contribution >= 0.6 is 11.3 Å². The first-order valence-corrected chi connectivity index (χ1v) is 15.1. The molecule has 0 N–H and O–H groups in total. The highest BCUT2D eigenvalue weighted by molar-refractivity contribution is 7.07. The van der Waals surface area contributed by atoms with Crippen LogP contribution in [0.5, 0.6) is 11.5 Å². The number of hydrogen-bond donors (Lipinski definition) is 0. The van der Waals surface area contributed by atoms with E-state index in [0.717, 1.165) is 4.57 Å². The molecule has 0 spiro atoms. The third-order valence-corrected chi connectivity index (χ3v) is 8.56. The van der Waals surface area contributed by atoms with Gasteiger partial charge in [0.2, 0.25) is 0 Å². The number of nitro benzene ring substituents is 1. The van der Waals surface area contributed by atoms with Gasteiger partial charge in [-0.2, -0.15) is 13.2 Å². The first-order valence-electron chi connectivity index (χ1n) is 14.2. The maximum Gasteiger partial charge on any atom is 0.434 e. The van der Waals surface area contributed by atoms with Gasteiger partial charge in [0.1, 0.15) is 29.1 Å². The first-order chi connectivity index (χ1) is 23.0. The summed E-state index contributed by atoms with van der Waals surface area (Å²) in [7, 11) is 2.68. The number of esters is 1. The van der Waals surface area contributed by atoms with E-state index in [1.165, 1.54) is 51.5 Å². The van der Waals surface area contributed by atoms with Crippen LogP contribution in [-0.4, -0.2) is 42.5 Å². The predicted molar refractivity (Wildman–Crippen MR) is 169 cm³/mol. The summed E-state index contributed by atoms with van der Waals surface area (Å²) in [6.45, 7) is 1.23. The molecule has 0 saturated carbocycles. The summed E-state index contributed by atoms with van der Waals surface area (Å²) >= 11 is 0.680. The third kappa shape index (κ3) is 5.61. The molecule has 6 rings (SSSR count). The molecule has 1 aliphatic rings. The number of carbonyl (C=O) groups is 1. The SMILES string of the molecule is CCOC(=O)C1=C(C(F)(F)F)N=c2s/c(=C\c3ccc(-c4ccc([N+](=O)[O-])cc4OC)o3)c(=O)n2[C@H]1c1c(OC)ccc2ccccc12. The van der Waals surface area contributed by atoms with Gasteiger partial charge in [-0.3, -0.25) is 19.5 Å². The number of rotatable bonds is 8.